The number of pyridine rings is 1. The first-order valence-electron chi connectivity index (χ1n) is 4.99. The molecule has 0 amide bonds. The van der Waals surface area contributed by atoms with Crippen LogP contribution in [0.25, 0.3) is 0 Å². The lowest BCUT2D eigenvalue weighted by molar-refractivity contribution is 0.575. The van der Waals surface area contributed by atoms with Crippen LogP contribution in [0.2, 0.25) is 0 Å². The summed E-state index contributed by atoms with van der Waals surface area (Å²) < 4.78 is 26.0. The molecule has 0 aliphatic heterocycles. The van der Waals surface area contributed by atoms with E-state index in [2.05, 4.69) is 30.3 Å². The Hall–Kier alpha value is -1.91. The first-order valence-corrected chi connectivity index (χ1v) is 6.47. The molecule has 0 atom stereocenters. The van der Waals surface area contributed by atoms with E-state index in [9.17, 15) is 8.42 Å². The van der Waals surface area contributed by atoms with Crippen LogP contribution in [0, 0.1) is 0 Å². The van der Waals surface area contributed by atoms with Crippen molar-refractivity contribution in [3.05, 3.63) is 29.7 Å². The van der Waals surface area contributed by atoms with Gasteiger partial charge in [-0.3, -0.25) is 0 Å². The van der Waals surface area contributed by atoms with E-state index in [4.69, 9.17) is 5.73 Å². The fourth-order valence-corrected chi connectivity index (χ4v) is 2.09. The number of nitrogens with two attached hydrogens (primary N) is 1. The van der Waals surface area contributed by atoms with Gasteiger partial charge in [-0.1, -0.05) is 11.3 Å². The van der Waals surface area contributed by atoms with Gasteiger partial charge in [-0.15, -0.1) is 10.2 Å². The van der Waals surface area contributed by atoms with Gasteiger partial charge in [0.1, 0.15) is 0 Å². The molecule has 18 heavy (non-hydrogen) atoms. The Bertz CT molecular complexity index is 593. The molecule has 4 N–H and O–H groups in total. The molecule has 0 fully saturated rings. The van der Waals surface area contributed by atoms with Gasteiger partial charge in [-0.05, 0) is 11.6 Å². The summed E-state index contributed by atoms with van der Waals surface area (Å²) in [4.78, 5) is 3.83. The van der Waals surface area contributed by atoms with E-state index in [0.29, 0.717) is 6.54 Å². The van der Waals surface area contributed by atoms with Crippen LogP contribution >= 0.6 is 0 Å². The number of aromatic nitrogens is 5. The van der Waals surface area contributed by atoms with Gasteiger partial charge < -0.3 is 5.73 Å². The molecule has 0 saturated carbocycles. The predicted octanol–water partition coefficient (Wildman–Crippen LogP) is -1.47. The smallest absolute Gasteiger partial charge is 0.258 e. The molecule has 0 unspecified atom stereocenters. The molecular weight excluding hydrogens is 258 g/mol. The van der Waals surface area contributed by atoms with Gasteiger partial charge >= 0.3 is 0 Å². The maximum atomic E-state index is 11.8. The van der Waals surface area contributed by atoms with Crippen molar-refractivity contribution in [2.75, 3.05) is 0 Å². The summed E-state index contributed by atoms with van der Waals surface area (Å²) in [7, 11) is -3.68. The number of H-pyrrole nitrogens is 1. The SMILES string of the molecule is NCc1ccc(S(=O)(=O)NCc2nn[nH]n2)nc1. The minimum atomic E-state index is -3.68. The van der Waals surface area contributed by atoms with Crippen molar-refractivity contribution in [1.82, 2.24) is 30.3 Å². The average molecular weight is 269 g/mol. The summed E-state index contributed by atoms with van der Waals surface area (Å²) in [5.74, 6) is 0.247. The molecule has 2 rings (SSSR count). The Morgan fingerprint density at radius 2 is 2.22 bits per heavy atom. The first-order chi connectivity index (χ1) is 8.62. The molecule has 2 aromatic rings. The van der Waals surface area contributed by atoms with E-state index in [1.54, 1.807) is 6.07 Å². The number of rotatable bonds is 5. The van der Waals surface area contributed by atoms with Crippen molar-refractivity contribution >= 4 is 10.0 Å². The lowest BCUT2D eigenvalue weighted by Gasteiger charge is -2.04. The van der Waals surface area contributed by atoms with E-state index < -0.39 is 10.0 Å². The third-order valence-electron chi connectivity index (χ3n) is 2.12. The van der Waals surface area contributed by atoms with Crippen LogP contribution in [0.3, 0.4) is 0 Å². The summed E-state index contributed by atoms with van der Waals surface area (Å²) in [5.41, 5.74) is 6.16. The maximum absolute atomic E-state index is 11.8. The normalized spacial score (nSPS) is 11.6. The van der Waals surface area contributed by atoms with Crippen molar-refractivity contribution in [2.45, 2.75) is 18.1 Å². The van der Waals surface area contributed by atoms with Gasteiger partial charge in [-0.25, -0.2) is 18.1 Å². The van der Waals surface area contributed by atoms with E-state index in [0.717, 1.165) is 5.56 Å². The number of tetrazole rings is 1. The highest BCUT2D eigenvalue weighted by atomic mass is 32.2. The number of nitrogens with zero attached hydrogens (tertiary/aromatic N) is 4. The summed E-state index contributed by atoms with van der Waals surface area (Å²) in [6.07, 6.45) is 1.42. The first kappa shape index (κ1) is 12.5. The van der Waals surface area contributed by atoms with Crippen LogP contribution < -0.4 is 10.5 Å². The minimum absolute atomic E-state index is 0.0564. The lowest BCUT2D eigenvalue weighted by atomic mass is 10.3. The van der Waals surface area contributed by atoms with Crippen molar-refractivity contribution in [3.8, 4) is 0 Å². The molecule has 0 radical (unpaired) electrons. The fourth-order valence-electron chi connectivity index (χ4n) is 1.18. The van der Waals surface area contributed by atoms with Crippen LogP contribution in [0.4, 0.5) is 0 Å². The largest absolute Gasteiger partial charge is 0.326 e. The third kappa shape index (κ3) is 2.85. The summed E-state index contributed by atoms with van der Waals surface area (Å²) in [6, 6.07) is 3.00. The van der Waals surface area contributed by atoms with Gasteiger partial charge in [-0.2, -0.15) is 5.21 Å². The number of hydrogen-bond donors (Lipinski definition) is 3. The second kappa shape index (κ2) is 5.16. The molecule has 10 heteroatoms. The zero-order valence-electron chi connectivity index (χ0n) is 9.24. The Kier molecular flexibility index (Phi) is 3.60. The third-order valence-corrected chi connectivity index (χ3v) is 3.43. The quantitative estimate of drug-likeness (QED) is 0.602. The highest BCUT2D eigenvalue weighted by Gasteiger charge is 2.16. The Morgan fingerprint density at radius 1 is 1.39 bits per heavy atom. The highest BCUT2D eigenvalue weighted by Crippen LogP contribution is 2.06. The Balaban J connectivity index is 2.09. The van der Waals surface area contributed by atoms with Gasteiger partial charge in [0.2, 0.25) is 0 Å². The summed E-state index contributed by atoms with van der Waals surface area (Å²) >= 11 is 0. The average Bonchev–Trinajstić information content (AvgIpc) is 2.90. The van der Waals surface area contributed by atoms with Crippen LogP contribution in [0.1, 0.15) is 11.4 Å². The minimum Gasteiger partial charge on any atom is -0.326 e. The molecule has 0 aromatic carbocycles. The molecule has 0 bridgehead atoms. The van der Waals surface area contributed by atoms with Crippen molar-refractivity contribution in [3.63, 3.8) is 0 Å². The molecule has 2 heterocycles. The van der Waals surface area contributed by atoms with Gasteiger partial charge in [0.15, 0.2) is 10.9 Å². The number of hydrogen-bond acceptors (Lipinski definition) is 7. The summed E-state index contributed by atoms with van der Waals surface area (Å²) in [6.45, 7) is 0.253. The second-order valence-corrected chi connectivity index (χ2v) is 5.08. The number of nitrogens with one attached hydrogen (secondary N) is 2. The molecule has 0 saturated heterocycles. The number of aromatic amines is 1. The van der Waals surface area contributed by atoms with E-state index in [-0.39, 0.29) is 17.4 Å². The molecule has 9 nitrogen and oxygen atoms in total. The van der Waals surface area contributed by atoms with Crippen molar-refractivity contribution < 1.29 is 8.42 Å². The van der Waals surface area contributed by atoms with Gasteiger partial charge in [0, 0.05) is 12.7 Å². The Labute approximate surface area is 103 Å². The van der Waals surface area contributed by atoms with E-state index in [1.165, 1.54) is 12.3 Å². The monoisotopic (exact) mass is 269 g/mol. The van der Waals surface area contributed by atoms with Crippen molar-refractivity contribution in [1.29, 1.82) is 0 Å². The molecule has 2 aromatic heterocycles. The van der Waals surface area contributed by atoms with Crippen LogP contribution in [0.5, 0.6) is 0 Å². The lowest BCUT2D eigenvalue weighted by Crippen LogP contribution is -2.24. The van der Waals surface area contributed by atoms with Crippen LogP contribution in [-0.4, -0.2) is 34.0 Å². The highest BCUT2D eigenvalue weighted by molar-refractivity contribution is 7.89. The molecule has 96 valence electrons. The fraction of sp³-hybridized carbons (Fsp3) is 0.250. The maximum Gasteiger partial charge on any atom is 0.258 e. The van der Waals surface area contributed by atoms with Crippen LogP contribution in [0.15, 0.2) is 23.4 Å². The second-order valence-electron chi connectivity index (χ2n) is 3.36. The van der Waals surface area contributed by atoms with Crippen LogP contribution in [-0.2, 0) is 23.1 Å². The van der Waals surface area contributed by atoms with E-state index >= 15 is 0 Å². The molecule has 0 aliphatic rings. The standard InChI is InChI=1S/C8H11N7O2S/c9-3-6-1-2-8(10-4-6)18(16,17)11-5-7-12-14-15-13-7/h1-2,4,11H,3,5,9H2,(H,12,13,14,15). The van der Waals surface area contributed by atoms with Gasteiger partial charge in [0.05, 0.1) is 6.54 Å². The van der Waals surface area contributed by atoms with E-state index in [1.807, 2.05) is 0 Å². The number of sulfonamides is 1. The van der Waals surface area contributed by atoms with Gasteiger partial charge in [0.25, 0.3) is 10.0 Å². The topological polar surface area (TPSA) is 140 Å². The molecule has 0 spiro atoms. The molecule has 0 aliphatic carbocycles. The zero-order chi connectivity index (χ0) is 13.0. The van der Waals surface area contributed by atoms with Crippen molar-refractivity contribution in [2.24, 2.45) is 5.73 Å². The predicted molar refractivity (Wildman–Crippen MR) is 60.3 cm³/mol. The Morgan fingerprint density at radius 3 is 2.78 bits per heavy atom. The zero-order valence-corrected chi connectivity index (χ0v) is 10.1. The molecular formula is C8H11N7O2S. The summed E-state index contributed by atoms with van der Waals surface area (Å²) in [5, 5.41) is 12.7.